The Labute approximate surface area is 107 Å². The molecule has 0 aromatic rings. The topological polar surface area (TPSA) is 15.3 Å². The minimum absolute atomic E-state index is 0.411. The van der Waals surface area contributed by atoms with Gasteiger partial charge in [-0.2, -0.15) is 0 Å². The van der Waals surface area contributed by atoms with Gasteiger partial charge in [0, 0.05) is 25.2 Å². The molecule has 0 bridgehead atoms. The molecule has 0 radical (unpaired) electrons. The van der Waals surface area contributed by atoms with Gasteiger partial charge in [0.1, 0.15) is 0 Å². The largest absolute Gasteiger partial charge is 0.313 e. The van der Waals surface area contributed by atoms with Gasteiger partial charge in [-0.25, -0.2) is 0 Å². The van der Waals surface area contributed by atoms with Gasteiger partial charge in [-0.05, 0) is 50.5 Å². The van der Waals surface area contributed by atoms with Gasteiger partial charge in [-0.1, -0.05) is 20.8 Å². The van der Waals surface area contributed by atoms with Crippen molar-refractivity contribution in [3.63, 3.8) is 0 Å². The number of nitrogens with one attached hydrogen (secondary N) is 1. The van der Waals surface area contributed by atoms with Crippen LogP contribution in [-0.4, -0.2) is 36.6 Å². The van der Waals surface area contributed by atoms with E-state index in [0.717, 1.165) is 18.0 Å². The van der Waals surface area contributed by atoms with Crippen molar-refractivity contribution in [2.75, 3.05) is 19.6 Å². The Hall–Kier alpha value is -0.0800. The standard InChI is InChI=1S/C15H30N2/c1-12-6-5-9-17(13(12)2)11-15(3,4)10-16-14-7-8-14/h12-14,16H,5-11H2,1-4H3. The molecular formula is C15H30N2. The van der Waals surface area contributed by atoms with Crippen molar-refractivity contribution in [3.05, 3.63) is 0 Å². The molecule has 2 fully saturated rings. The van der Waals surface area contributed by atoms with Gasteiger partial charge in [0.15, 0.2) is 0 Å². The molecule has 1 aliphatic carbocycles. The summed E-state index contributed by atoms with van der Waals surface area (Å²) in [5, 5.41) is 3.69. The van der Waals surface area contributed by atoms with E-state index in [1.807, 2.05) is 0 Å². The summed E-state index contributed by atoms with van der Waals surface area (Å²) in [6.45, 7) is 13.4. The highest BCUT2D eigenvalue weighted by Gasteiger charge is 2.31. The molecule has 2 atom stereocenters. The number of nitrogens with zero attached hydrogens (tertiary/aromatic N) is 1. The van der Waals surface area contributed by atoms with Crippen LogP contribution in [0.15, 0.2) is 0 Å². The van der Waals surface area contributed by atoms with Crippen LogP contribution in [0.25, 0.3) is 0 Å². The first-order valence-corrected chi connectivity index (χ1v) is 7.45. The van der Waals surface area contributed by atoms with Crippen molar-refractivity contribution < 1.29 is 0 Å². The molecule has 2 rings (SSSR count). The van der Waals surface area contributed by atoms with E-state index >= 15 is 0 Å². The van der Waals surface area contributed by atoms with Crippen LogP contribution in [0.1, 0.15) is 53.4 Å². The molecule has 2 nitrogen and oxygen atoms in total. The summed E-state index contributed by atoms with van der Waals surface area (Å²) in [6.07, 6.45) is 5.59. The second kappa shape index (κ2) is 5.27. The Bertz CT molecular complexity index is 245. The highest BCUT2D eigenvalue weighted by Crippen LogP contribution is 2.27. The summed E-state index contributed by atoms with van der Waals surface area (Å²) < 4.78 is 0. The highest BCUT2D eigenvalue weighted by atomic mass is 15.2. The second-order valence-corrected chi connectivity index (χ2v) is 7.15. The van der Waals surface area contributed by atoms with Crippen molar-refractivity contribution in [3.8, 4) is 0 Å². The van der Waals surface area contributed by atoms with Crippen molar-refractivity contribution >= 4 is 0 Å². The van der Waals surface area contributed by atoms with Crippen LogP contribution in [0.5, 0.6) is 0 Å². The Balaban J connectivity index is 1.80. The lowest BCUT2D eigenvalue weighted by molar-refractivity contribution is 0.0718. The molecule has 17 heavy (non-hydrogen) atoms. The Kier molecular flexibility index (Phi) is 4.14. The van der Waals surface area contributed by atoms with Gasteiger partial charge in [0.05, 0.1) is 0 Å². The van der Waals surface area contributed by atoms with Gasteiger partial charge in [-0.15, -0.1) is 0 Å². The number of piperidine rings is 1. The van der Waals surface area contributed by atoms with Gasteiger partial charge < -0.3 is 5.32 Å². The Morgan fingerprint density at radius 1 is 1.18 bits per heavy atom. The molecule has 0 aromatic carbocycles. The lowest BCUT2D eigenvalue weighted by Crippen LogP contribution is -2.49. The predicted octanol–water partition coefficient (Wildman–Crippen LogP) is 2.89. The minimum Gasteiger partial charge on any atom is -0.313 e. The molecule has 1 aliphatic heterocycles. The van der Waals surface area contributed by atoms with E-state index in [1.165, 1.54) is 45.3 Å². The molecular weight excluding hydrogens is 208 g/mol. The van der Waals surface area contributed by atoms with E-state index in [9.17, 15) is 0 Å². The molecule has 2 unspecified atom stereocenters. The third-order valence-corrected chi connectivity index (χ3v) is 4.58. The lowest BCUT2D eigenvalue weighted by Gasteiger charge is -2.42. The molecule has 0 amide bonds. The summed E-state index contributed by atoms with van der Waals surface area (Å²) in [5.41, 5.74) is 0.411. The zero-order chi connectivity index (χ0) is 12.5. The quantitative estimate of drug-likeness (QED) is 0.792. The molecule has 100 valence electrons. The number of rotatable bonds is 5. The highest BCUT2D eigenvalue weighted by molar-refractivity contribution is 4.87. The normalized spacial score (nSPS) is 31.8. The minimum atomic E-state index is 0.411. The number of hydrogen-bond acceptors (Lipinski definition) is 2. The fourth-order valence-corrected chi connectivity index (χ4v) is 2.96. The van der Waals surface area contributed by atoms with Gasteiger partial charge >= 0.3 is 0 Å². The van der Waals surface area contributed by atoms with E-state index in [4.69, 9.17) is 0 Å². The maximum Gasteiger partial charge on any atom is 0.00928 e. The van der Waals surface area contributed by atoms with Crippen LogP contribution in [0.4, 0.5) is 0 Å². The first-order chi connectivity index (χ1) is 7.98. The van der Waals surface area contributed by atoms with Gasteiger partial charge in [0.25, 0.3) is 0 Å². The Morgan fingerprint density at radius 2 is 1.88 bits per heavy atom. The summed E-state index contributed by atoms with van der Waals surface area (Å²) in [5.74, 6) is 0.871. The first kappa shape index (κ1) is 13.4. The average molecular weight is 238 g/mol. The van der Waals surface area contributed by atoms with E-state index < -0.39 is 0 Å². The Morgan fingerprint density at radius 3 is 2.53 bits per heavy atom. The van der Waals surface area contributed by atoms with Crippen LogP contribution in [0, 0.1) is 11.3 Å². The molecule has 0 spiro atoms. The third-order valence-electron chi connectivity index (χ3n) is 4.58. The summed E-state index contributed by atoms with van der Waals surface area (Å²) >= 11 is 0. The second-order valence-electron chi connectivity index (χ2n) is 7.15. The fraction of sp³-hybridized carbons (Fsp3) is 1.00. The van der Waals surface area contributed by atoms with Crippen molar-refractivity contribution in [1.82, 2.24) is 10.2 Å². The number of hydrogen-bond donors (Lipinski definition) is 1. The zero-order valence-electron chi connectivity index (χ0n) is 12.1. The fourth-order valence-electron chi connectivity index (χ4n) is 2.96. The van der Waals surface area contributed by atoms with E-state index in [1.54, 1.807) is 0 Å². The zero-order valence-corrected chi connectivity index (χ0v) is 12.1. The number of likely N-dealkylation sites (tertiary alicyclic amines) is 1. The van der Waals surface area contributed by atoms with Gasteiger partial charge in [0.2, 0.25) is 0 Å². The van der Waals surface area contributed by atoms with Crippen LogP contribution in [0.2, 0.25) is 0 Å². The molecule has 1 heterocycles. The summed E-state index contributed by atoms with van der Waals surface area (Å²) in [7, 11) is 0. The lowest BCUT2D eigenvalue weighted by atomic mass is 9.87. The SMILES string of the molecule is CC1CCCN(CC(C)(C)CNC2CC2)C1C. The smallest absolute Gasteiger partial charge is 0.00928 e. The predicted molar refractivity (Wildman–Crippen MR) is 74.2 cm³/mol. The van der Waals surface area contributed by atoms with Crippen molar-refractivity contribution in [2.24, 2.45) is 11.3 Å². The summed E-state index contributed by atoms with van der Waals surface area (Å²) in [6, 6.07) is 1.61. The average Bonchev–Trinajstić information content (AvgIpc) is 3.06. The molecule has 2 aliphatic rings. The first-order valence-electron chi connectivity index (χ1n) is 7.45. The van der Waals surface area contributed by atoms with E-state index in [2.05, 4.69) is 37.9 Å². The maximum atomic E-state index is 3.69. The van der Waals surface area contributed by atoms with Crippen LogP contribution in [0.3, 0.4) is 0 Å². The van der Waals surface area contributed by atoms with Crippen LogP contribution in [-0.2, 0) is 0 Å². The molecule has 2 heteroatoms. The van der Waals surface area contributed by atoms with Crippen molar-refractivity contribution in [2.45, 2.75) is 65.5 Å². The molecule has 1 saturated carbocycles. The molecule has 1 N–H and O–H groups in total. The van der Waals surface area contributed by atoms with Gasteiger partial charge in [-0.3, -0.25) is 4.90 Å². The van der Waals surface area contributed by atoms with Crippen LogP contribution < -0.4 is 5.32 Å². The molecule has 1 saturated heterocycles. The third kappa shape index (κ3) is 3.96. The summed E-state index contributed by atoms with van der Waals surface area (Å²) in [4.78, 5) is 2.71. The monoisotopic (exact) mass is 238 g/mol. The molecule has 0 aromatic heterocycles. The maximum absolute atomic E-state index is 3.69. The van der Waals surface area contributed by atoms with Crippen LogP contribution >= 0.6 is 0 Å². The van der Waals surface area contributed by atoms with E-state index in [-0.39, 0.29) is 0 Å². The van der Waals surface area contributed by atoms with E-state index in [0.29, 0.717) is 5.41 Å². The van der Waals surface area contributed by atoms with Crippen molar-refractivity contribution in [1.29, 1.82) is 0 Å².